The second kappa shape index (κ2) is 6.16. The molecule has 7 nitrogen and oxygen atoms in total. The van der Waals surface area contributed by atoms with E-state index in [0.29, 0.717) is 6.54 Å². The molecule has 154 valence electrons. The molecule has 2 aliphatic heterocycles. The maximum absolute atomic E-state index is 15.8. The standard InChI is InChI=1S/C20H22F2N4O3/c1-9-6-25(11-4-5-24(9)7-11)18-14(21)16(23)13-17(15(18)22)26(10-2-3-10)8-12(19(13)27)20(28)29/h8-11H,2-7,23H2,1H3,(H,28,29). The summed E-state index contributed by atoms with van der Waals surface area (Å²) in [6.45, 7) is 4.09. The van der Waals surface area contributed by atoms with E-state index in [9.17, 15) is 14.7 Å². The summed E-state index contributed by atoms with van der Waals surface area (Å²) in [5.74, 6) is -3.25. The average Bonchev–Trinajstić information content (AvgIpc) is 3.42. The SMILES string of the molecule is CC1CN(c2c(F)c(N)c3c(=O)c(C(=O)O)cn(C4CC4)c3c2F)C2CCN1C2. The quantitative estimate of drug-likeness (QED) is 0.762. The maximum Gasteiger partial charge on any atom is 0.341 e. The Morgan fingerprint density at radius 1 is 1.17 bits per heavy atom. The molecule has 1 saturated carbocycles. The van der Waals surface area contributed by atoms with Crippen molar-refractivity contribution in [3.05, 3.63) is 33.6 Å². The van der Waals surface area contributed by atoms with Gasteiger partial charge in [0.15, 0.2) is 11.6 Å². The molecular formula is C20H22F2N4O3. The molecule has 5 rings (SSSR count). The molecule has 3 aliphatic rings. The summed E-state index contributed by atoms with van der Waals surface area (Å²) in [6.07, 6.45) is 3.45. The Morgan fingerprint density at radius 3 is 2.55 bits per heavy atom. The number of aromatic carboxylic acids is 1. The van der Waals surface area contributed by atoms with Gasteiger partial charge in [0.05, 0.1) is 16.6 Å². The first-order valence-electron chi connectivity index (χ1n) is 9.88. The van der Waals surface area contributed by atoms with Gasteiger partial charge in [-0.15, -0.1) is 0 Å². The molecule has 3 fully saturated rings. The Bertz CT molecular complexity index is 1110. The highest BCUT2D eigenvalue weighted by molar-refractivity contribution is 5.99. The lowest BCUT2D eigenvalue weighted by Gasteiger charge is -2.40. The smallest absolute Gasteiger partial charge is 0.341 e. The zero-order valence-electron chi connectivity index (χ0n) is 16.0. The minimum atomic E-state index is -1.44. The number of nitrogens with zero attached hydrogens (tertiary/aromatic N) is 3. The summed E-state index contributed by atoms with van der Waals surface area (Å²) in [5.41, 5.74) is 3.74. The van der Waals surface area contributed by atoms with Crippen LogP contribution >= 0.6 is 0 Å². The van der Waals surface area contributed by atoms with Gasteiger partial charge < -0.3 is 20.3 Å². The molecule has 2 aromatic rings. The number of aromatic nitrogens is 1. The molecule has 3 atom stereocenters. The van der Waals surface area contributed by atoms with Crippen molar-refractivity contribution in [2.24, 2.45) is 0 Å². The van der Waals surface area contributed by atoms with Crippen molar-refractivity contribution in [2.75, 3.05) is 30.3 Å². The monoisotopic (exact) mass is 404 g/mol. The van der Waals surface area contributed by atoms with Crippen LogP contribution < -0.4 is 16.1 Å². The number of piperazine rings is 1. The number of carboxylic acid groups (broad SMARTS) is 1. The van der Waals surface area contributed by atoms with Crippen molar-refractivity contribution in [3.8, 4) is 0 Å². The van der Waals surface area contributed by atoms with Crippen LogP contribution in [-0.2, 0) is 0 Å². The predicted octanol–water partition coefficient (Wildman–Crippen LogP) is 2.18. The number of hydrogen-bond acceptors (Lipinski definition) is 5. The molecule has 9 heteroatoms. The van der Waals surface area contributed by atoms with Crippen LogP contribution in [0.3, 0.4) is 0 Å². The number of hydrogen-bond donors (Lipinski definition) is 2. The van der Waals surface area contributed by atoms with Gasteiger partial charge in [-0.3, -0.25) is 9.69 Å². The molecule has 3 unspecified atom stereocenters. The summed E-state index contributed by atoms with van der Waals surface area (Å²) in [4.78, 5) is 28.3. The number of fused-ring (bicyclic) bond motifs is 3. The van der Waals surface area contributed by atoms with Crippen molar-refractivity contribution < 1.29 is 18.7 Å². The van der Waals surface area contributed by atoms with Crippen molar-refractivity contribution in [1.82, 2.24) is 9.47 Å². The fraction of sp³-hybridized carbons (Fsp3) is 0.500. The average molecular weight is 404 g/mol. The van der Waals surface area contributed by atoms with Crippen LogP contribution in [0.5, 0.6) is 0 Å². The summed E-state index contributed by atoms with van der Waals surface area (Å²) in [6, 6.07) is 0.00147. The van der Waals surface area contributed by atoms with Gasteiger partial charge in [-0.1, -0.05) is 0 Å². The normalized spacial score (nSPS) is 26.3. The van der Waals surface area contributed by atoms with Gasteiger partial charge in [0.2, 0.25) is 5.43 Å². The number of pyridine rings is 1. The van der Waals surface area contributed by atoms with E-state index in [-0.39, 0.29) is 34.7 Å². The van der Waals surface area contributed by atoms with Crippen molar-refractivity contribution in [3.63, 3.8) is 0 Å². The molecule has 2 saturated heterocycles. The van der Waals surface area contributed by atoms with E-state index in [1.54, 1.807) is 4.90 Å². The Kier molecular flexibility index (Phi) is 3.90. The highest BCUT2D eigenvalue weighted by Crippen LogP contribution is 2.43. The highest BCUT2D eigenvalue weighted by Gasteiger charge is 2.40. The number of carbonyl (C=O) groups is 1. The van der Waals surface area contributed by atoms with Gasteiger partial charge >= 0.3 is 5.97 Å². The van der Waals surface area contributed by atoms with E-state index in [2.05, 4.69) is 4.90 Å². The first-order chi connectivity index (χ1) is 13.8. The third kappa shape index (κ3) is 2.56. The number of anilines is 2. The minimum Gasteiger partial charge on any atom is -0.477 e. The molecule has 1 aliphatic carbocycles. The predicted molar refractivity (Wildman–Crippen MR) is 105 cm³/mol. The van der Waals surface area contributed by atoms with Crippen molar-refractivity contribution >= 4 is 28.2 Å². The molecule has 3 heterocycles. The number of halogens is 2. The zero-order valence-corrected chi connectivity index (χ0v) is 16.0. The molecule has 0 amide bonds. The maximum atomic E-state index is 15.8. The Hall–Kier alpha value is -2.68. The van der Waals surface area contributed by atoms with Crippen LogP contribution in [0.1, 0.15) is 42.6 Å². The van der Waals surface area contributed by atoms with Crippen LogP contribution in [0.15, 0.2) is 11.0 Å². The summed E-state index contributed by atoms with van der Waals surface area (Å²) in [5, 5.41) is 9.00. The van der Waals surface area contributed by atoms with Gasteiger partial charge in [-0.2, -0.15) is 0 Å². The van der Waals surface area contributed by atoms with Crippen LogP contribution in [-0.4, -0.2) is 52.3 Å². The van der Waals surface area contributed by atoms with Gasteiger partial charge in [-0.05, 0) is 26.2 Å². The molecule has 1 aromatic carbocycles. The lowest BCUT2D eigenvalue weighted by Crippen LogP contribution is -2.52. The number of carboxylic acids is 1. The van der Waals surface area contributed by atoms with E-state index in [1.807, 2.05) is 6.92 Å². The topological polar surface area (TPSA) is 91.8 Å². The lowest BCUT2D eigenvalue weighted by atomic mass is 10.0. The first-order valence-corrected chi connectivity index (χ1v) is 9.88. The minimum absolute atomic E-state index is 0.0218. The molecule has 3 N–H and O–H groups in total. The van der Waals surface area contributed by atoms with E-state index >= 15 is 8.78 Å². The summed E-state index contributed by atoms with van der Waals surface area (Å²) in [7, 11) is 0. The lowest BCUT2D eigenvalue weighted by molar-refractivity contribution is 0.0695. The molecule has 0 radical (unpaired) electrons. The third-order valence-electron chi connectivity index (χ3n) is 6.54. The van der Waals surface area contributed by atoms with Gasteiger partial charge in [0, 0.05) is 44.0 Å². The Morgan fingerprint density at radius 2 is 1.90 bits per heavy atom. The van der Waals surface area contributed by atoms with E-state index in [1.165, 1.54) is 10.8 Å². The van der Waals surface area contributed by atoms with E-state index in [4.69, 9.17) is 5.73 Å². The first kappa shape index (κ1) is 18.4. The van der Waals surface area contributed by atoms with Gasteiger partial charge in [0.1, 0.15) is 11.3 Å². The summed E-state index contributed by atoms with van der Waals surface area (Å²) >= 11 is 0. The van der Waals surface area contributed by atoms with Crippen molar-refractivity contribution in [2.45, 2.75) is 44.3 Å². The molecular weight excluding hydrogens is 382 g/mol. The molecule has 2 bridgehead atoms. The number of nitrogen functional groups attached to an aromatic ring is 1. The second-order valence-corrected chi connectivity index (χ2v) is 8.37. The van der Waals surface area contributed by atoms with E-state index < -0.39 is 34.3 Å². The van der Waals surface area contributed by atoms with Crippen LogP contribution in [0.25, 0.3) is 10.9 Å². The zero-order chi connectivity index (χ0) is 20.6. The number of nitrogens with two attached hydrogens (primary N) is 1. The summed E-state index contributed by atoms with van der Waals surface area (Å²) < 4.78 is 32.7. The molecule has 1 aromatic heterocycles. The number of benzene rings is 1. The van der Waals surface area contributed by atoms with Gasteiger partial charge in [0.25, 0.3) is 0 Å². The van der Waals surface area contributed by atoms with Crippen LogP contribution in [0.4, 0.5) is 20.2 Å². The largest absolute Gasteiger partial charge is 0.477 e. The fourth-order valence-corrected chi connectivity index (χ4v) is 4.84. The number of rotatable bonds is 3. The second-order valence-electron chi connectivity index (χ2n) is 8.37. The molecule has 29 heavy (non-hydrogen) atoms. The van der Waals surface area contributed by atoms with Gasteiger partial charge in [-0.25, -0.2) is 13.6 Å². The van der Waals surface area contributed by atoms with E-state index in [0.717, 1.165) is 32.4 Å². The Labute approximate surface area is 165 Å². The van der Waals surface area contributed by atoms with Crippen molar-refractivity contribution in [1.29, 1.82) is 0 Å². The fourth-order valence-electron chi connectivity index (χ4n) is 4.84. The van der Waals surface area contributed by atoms with Crippen LogP contribution in [0.2, 0.25) is 0 Å². The van der Waals surface area contributed by atoms with Crippen LogP contribution in [0, 0.1) is 11.6 Å². The Balaban J connectivity index is 1.82. The molecule has 0 spiro atoms. The third-order valence-corrected chi connectivity index (χ3v) is 6.54. The highest BCUT2D eigenvalue weighted by atomic mass is 19.1.